The van der Waals surface area contributed by atoms with Crippen LogP contribution in [0.5, 0.6) is 0 Å². The number of hydrogen-bond donors (Lipinski definition) is 0. The van der Waals surface area contributed by atoms with Crippen molar-refractivity contribution >= 4 is 10.1 Å². The Morgan fingerprint density at radius 1 is 1.53 bits per heavy atom. The van der Waals surface area contributed by atoms with Crippen molar-refractivity contribution in [2.24, 2.45) is 0 Å². The highest BCUT2D eigenvalue weighted by Gasteiger charge is 2.26. The van der Waals surface area contributed by atoms with E-state index in [-0.39, 0.29) is 17.6 Å². The van der Waals surface area contributed by atoms with Crippen molar-refractivity contribution in [2.75, 3.05) is 13.2 Å². The lowest BCUT2D eigenvalue weighted by atomic mass is 10.2. The summed E-state index contributed by atoms with van der Waals surface area (Å²) in [4.78, 5) is 0.197. The predicted molar refractivity (Wildman–Crippen MR) is 54.1 cm³/mol. The summed E-state index contributed by atoms with van der Waals surface area (Å²) in [6.45, 7) is 2.53. The van der Waals surface area contributed by atoms with Crippen LogP contribution in [0.3, 0.4) is 0 Å². The molecular formula is C10H12O4S. The Morgan fingerprint density at radius 2 is 2.27 bits per heavy atom. The molecule has 82 valence electrons. The monoisotopic (exact) mass is 228 g/mol. The molecule has 2 rings (SSSR count). The minimum atomic E-state index is -3.62. The molecule has 0 N–H and O–H groups in total. The third kappa shape index (κ3) is 2.77. The summed E-state index contributed by atoms with van der Waals surface area (Å²) in [7, 11) is -3.62. The number of rotatable bonds is 4. The molecule has 0 unspecified atom stereocenters. The van der Waals surface area contributed by atoms with Crippen LogP contribution in [0.2, 0.25) is 0 Å². The number of epoxide rings is 1. The van der Waals surface area contributed by atoms with E-state index in [0.29, 0.717) is 6.61 Å². The first-order chi connectivity index (χ1) is 7.08. The Balaban J connectivity index is 2.12. The van der Waals surface area contributed by atoms with Gasteiger partial charge in [-0.25, -0.2) is 0 Å². The molecule has 0 radical (unpaired) electrons. The third-order valence-electron chi connectivity index (χ3n) is 2.09. The molecule has 0 spiro atoms. The van der Waals surface area contributed by atoms with Gasteiger partial charge in [0.2, 0.25) is 0 Å². The largest absolute Gasteiger partial charge is 0.371 e. The Bertz CT molecular complexity index is 448. The van der Waals surface area contributed by atoms with Crippen LogP contribution in [-0.2, 0) is 19.0 Å². The molecule has 0 aromatic heterocycles. The first-order valence-corrected chi connectivity index (χ1v) is 6.06. The van der Waals surface area contributed by atoms with E-state index in [0.717, 1.165) is 5.56 Å². The Labute approximate surface area is 88.9 Å². The maximum absolute atomic E-state index is 11.6. The minimum absolute atomic E-state index is 0.0513. The topological polar surface area (TPSA) is 55.9 Å². The van der Waals surface area contributed by atoms with Gasteiger partial charge in [0.25, 0.3) is 10.1 Å². The number of benzene rings is 1. The molecule has 0 saturated carbocycles. The van der Waals surface area contributed by atoms with Crippen LogP contribution in [0.1, 0.15) is 5.56 Å². The Morgan fingerprint density at radius 3 is 2.87 bits per heavy atom. The van der Waals surface area contributed by atoms with Gasteiger partial charge in [-0.05, 0) is 24.6 Å². The summed E-state index contributed by atoms with van der Waals surface area (Å²) >= 11 is 0. The average molecular weight is 228 g/mol. The quantitative estimate of drug-likeness (QED) is 0.572. The molecule has 4 nitrogen and oxygen atoms in total. The highest BCUT2D eigenvalue weighted by atomic mass is 32.2. The fourth-order valence-corrected chi connectivity index (χ4v) is 2.21. The van der Waals surface area contributed by atoms with E-state index in [4.69, 9.17) is 8.92 Å². The highest BCUT2D eigenvalue weighted by molar-refractivity contribution is 7.86. The highest BCUT2D eigenvalue weighted by Crippen LogP contribution is 2.17. The summed E-state index contributed by atoms with van der Waals surface area (Å²) < 4.78 is 33.0. The first kappa shape index (κ1) is 10.6. The molecule has 1 saturated heterocycles. The van der Waals surface area contributed by atoms with E-state index in [9.17, 15) is 8.42 Å². The standard InChI is InChI=1S/C10H12O4S/c1-8-3-2-4-10(5-8)15(11,12)14-7-9-6-13-9/h2-5,9H,6-7H2,1H3/t9-/m1/s1. The maximum atomic E-state index is 11.6. The summed E-state index contributed by atoms with van der Waals surface area (Å²) in [6, 6.07) is 6.64. The van der Waals surface area contributed by atoms with Crippen molar-refractivity contribution in [3.05, 3.63) is 29.8 Å². The van der Waals surface area contributed by atoms with Crippen molar-refractivity contribution in [3.63, 3.8) is 0 Å². The lowest BCUT2D eigenvalue weighted by molar-refractivity contribution is 0.266. The van der Waals surface area contributed by atoms with Crippen molar-refractivity contribution in [2.45, 2.75) is 17.9 Å². The molecule has 1 aromatic rings. The summed E-state index contributed by atoms with van der Waals surface area (Å²) in [5.74, 6) is 0. The van der Waals surface area contributed by atoms with Gasteiger partial charge in [-0.2, -0.15) is 8.42 Å². The van der Waals surface area contributed by atoms with Gasteiger partial charge in [-0.3, -0.25) is 4.18 Å². The Kier molecular flexibility index (Phi) is 2.77. The molecule has 1 heterocycles. The zero-order valence-corrected chi connectivity index (χ0v) is 9.16. The summed E-state index contributed by atoms with van der Waals surface area (Å²) in [6.07, 6.45) is -0.0513. The second-order valence-electron chi connectivity index (χ2n) is 3.51. The van der Waals surface area contributed by atoms with Gasteiger partial charge in [0.15, 0.2) is 0 Å². The van der Waals surface area contributed by atoms with Crippen LogP contribution < -0.4 is 0 Å². The molecular weight excluding hydrogens is 216 g/mol. The van der Waals surface area contributed by atoms with Crippen LogP contribution in [0.15, 0.2) is 29.2 Å². The fourth-order valence-electron chi connectivity index (χ4n) is 1.17. The lowest BCUT2D eigenvalue weighted by Crippen LogP contribution is -2.10. The molecule has 0 amide bonds. The van der Waals surface area contributed by atoms with Crippen molar-refractivity contribution in [1.29, 1.82) is 0 Å². The fraction of sp³-hybridized carbons (Fsp3) is 0.400. The molecule has 5 heteroatoms. The first-order valence-electron chi connectivity index (χ1n) is 4.66. The molecule has 15 heavy (non-hydrogen) atoms. The average Bonchev–Trinajstić information content (AvgIpc) is 2.98. The maximum Gasteiger partial charge on any atom is 0.297 e. The van der Waals surface area contributed by atoms with Crippen LogP contribution in [-0.4, -0.2) is 27.7 Å². The van der Waals surface area contributed by atoms with Gasteiger partial charge in [0, 0.05) is 0 Å². The van der Waals surface area contributed by atoms with Crippen LogP contribution >= 0.6 is 0 Å². The van der Waals surface area contributed by atoms with Gasteiger partial charge in [0.1, 0.15) is 6.10 Å². The van der Waals surface area contributed by atoms with E-state index >= 15 is 0 Å². The zero-order chi connectivity index (χ0) is 10.9. The number of aryl methyl sites for hydroxylation is 1. The van der Waals surface area contributed by atoms with Gasteiger partial charge in [0.05, 0.1) is 18.1 Å². The van der Waals surface area contributed by atoms with Crippen LogP contribution in [0.4, 0.5) is 0 Å². The van der Waals surface area contributed by atoms with Crippen molar-refractivity contribution < 1.29 is 17.3 Å². The normalized spacial score (nSPS) is 20.2. The van der Waals surface area contributed by atoms with E-state index in [1.54, 1.807) is 12.1 Å². The lowest BCUT2D eigenvalue weighted by Gasteiger charge is -2.04. The predicted octanol–water partition coefficient (Wildman–Crippen LogP) is 1.10. The number of hydrogen-bond acceptors (Lipinski definition) is 4. The second kappa shape index (κ2) is 3.92. The number of ether oxygens (including phenoxy) is 1. The second-order valence-corrected chi connectivity index (χ2v) is 5.13. The third-order valence-corrected chi connectivity index (χ3v) is 3.37. The van der Waals surface area contributed by atoms with Gasteiger partial charge in [-0.1, -0.05) is 12.1 Å². The summed E-state index contributed by atoms with van der Waals surface area (Å²) in [5, 5.41) is 0. The minimum Gasteiger partial charge on any atom is -0.371 e. The van der Waals surface area contributed by atoms with Crippen molar-refractivity contribution in [1.82, 2.24) is 0 Å². The zero-order valence-electron chi connectivity index (χ0n) is 8.34. The summed E-state index contributed by atoms with van der Waals surface area (Å²) in [5.41, 5.74) is 0.891. The molecule has 0 bridgehead atoms. The molecule has 1 aliphatic rings. The van der Waals surface area contributed by atoms with E-state index in [2.05, 4.69) is 0 Å². The molecule has 1 fully saturated rings. The van der Waals surface area contributed by atoms with Gasteiger partial charge >= 0.3 is 0 Å². The van der Waals surface area contributed by atoms with E-state index in [1.807, 2.05) is 13.0 Å². The van der Waals surface area contributed by atoms with Crippen LogP contribution in [0, 0.1) is 6.92 Å². The molecule has 1 aliphatic heterocycles. The molecule has 1 aromatic carbocycles. The smallest absolute Gasteiger partial charge is 0.297 e. The molecule has 0 aliphatic carbocycles. The molecule has 1 atom stereocenters. The van der Waals surface area contributed by atoms with Gasteiger partial charge in [-0.15, -0.1) is 0 Å². The van der Waals surface area contributed by atoms with Crippen LogP contribution in [0.25, 0.3) is 0 Å². The Hall–Kier alpha value is -0.910. The van der Waals surface area contributed by atoms with Crippen molar-refractivity contribution in [3.8, 4) is 0 Å². The van der Waals surface area contributed by atoms with E-state index < -0.39 is 10.1 Å². The van der Waals surface area contributed by atoms with E-state index in [1.165, 1.54) is 6.07 Å². The van der Waals surface area contributed by atoms with Gasteiger partial charge < -0.3 is 4.74 Å². The SMILES string of the molecule is Cc1cccc(S(=O)(=O)OC[C@H]2CO2)c1.